The molecule has 5 saturated carbocycles. The summed E-state index contributed by atoms with van der Waals surface area (Å²) < 4.78 is 28.0. The Kier molecular flexibility index (Phi) is 10.3. The average Bonchev–Trinajstić information content (AvgIpc) is 3.08. The maximum absolute atomic E-state index is 14.6. The average molecular weight is 716 g/mol. The molecule has 0 aromatic heterocycles. The number of anilines is 1. The fourth-order valence-electron chi connectivity index (χ4n) is 9.99. The van der Waals surface area contributed by atoms with E-state index in [9.17, 15) is 18.0 Å². The van der Waals surface area contributed by atoms with Crippen molar-refractivity contribution in [3.8, 4) is 0 Å². The lowest BCUT2D eigenvalue weighted by Crippen LogP contribution is -2.55. The molecule has 3 aromatic carbocycles. The summed E-state index contributed by atoms with van der Waals surface area (Å²) in [5.41, 5.74) is 3.62. The highest BCUT2D eigenvalue weighted by molar-refractivity contribution is 7.92. The second-order valence-electron chi connectivity index (χ2n) is 15.7. The zero-order valence-corrected chi connectivity index (χ0v) is 30.7. The monoisotopic (exact) mass is 715 g/mol. The predicted octanol–water partition coefficient (Wildman–Crippen LogP) is 7.66. The van der Waals surface area contributed by atoms with Gasteiger partial charge in [-0.1, -0.05) is 85.5 Å². The fraction of sp³-hybridized carbons (Fsp3) is 0.512. The minimum absolute atomic E-state index is 0.0534. The molecule has 0 spiro atoms. The van der Waals surface area contributed by atoms with Gasteiger partial charge in [0, 0.05) is 24.0 Å². The van der Waals surface area contributed by atoms with Crippen LogP contribution in [-0.4, -0.2) is 50.0 Å². The van der Waals surface area contributed by atoms with E-state index < -0.39 is 28.5 Å². The summed E-state index contributed by atoms with van der Waals surface area (Å²) in [6.07, 6.45) is 14.3. The summed E-state index contributed by atoms with van der Waals surface area (Å²) in [5, 5.41) is 3.78. The highest BCUT2D eigenvalue weighted by Crippen LogP contribution is 2.60. The number of halogens is 1. The molecule has 50 heavy (non-hydrogen) atoms. The number of hydrogen-bond donors (Lipinski definition) is 1. The summed E-state index contributed by atoms with van der Waals surface area (Å²) >= 11 is 6.37. The van der Waals surface area contributed by atoms with Crippen molar-refractivity contribution < 1.29 is 18.0 Å². The number of hydrogen-bond acceptors (Lipinski definition) is 4. The normalized spacial score (nSPS) is 25.2. The molecule has 4 bridgehead atoms. The van der Waals surface area contributed by atoms with Gasteiger partial charge in [0.15, 0.2) is 0 Å². The van der Waals surface area contributed by atoms with Crippen molar-refractivity contribution in [2.75, 3.05) is 17.1 Å². The van der Waals surface area contributed by atoms with Crippen LogP contribution < -0.4 is 9.62 Å². The maximum Gasteiger partial charge on any atom is 0.244 e. The van der Waals surface area contributed by atoms with E-state index >= 15 is 0 Å². The van der Waals surface area contributed by atoms with Gasteiger partial charge in [-0.05, 0) is 115 Å². The first-order valence-corrected chi connectivity index (χ1v) is 20.7. The topological polar surface area (TPSA) is 86.8 Å². The van der Waals surface area contributed by atoms with Crippen molar-refractivity contribution in [1.29, 1.82) is 0 Å². The molecule has 1 unspecified atom stereocenters. The van der Waals surface area contributed by atoms with Gasteiger partial charge >= 0.3 is 0 Å². The SMILES string of the molecule is CS(=O)(=O)N(CC(=O)N(Cc1cccc(Cl)c1)C(Cc1ccccc1)C(=O)NC1CCCCC1)c1ccc(C23CC4CC(CC(C4)C2)C3)cc1. The number of carbonyl (C=O) groups excluding carboxylic acids is 2. The number of nitrogens with one attached hydrogen (secondary N) is 1. The lowest BCUT2D eigenvalue weighted by Gasteiger charge is -2.57. The fourth-order valence-corrected chi connectivity index (χ4v) is 11.1. The van der Waals surface area contributed by atoms with E-state index in [4.69, 9.17) is 11.6 Å². The van der Waals surface area contributed by atoms with Crippen LogP contribution in [0, 0.1) is 17.8 Å². The number of benzene rings is 3. The third kappa shape index (κ3) is 7.91. The molecular weight excluding hydrogens is 666 g/mol. The first kappa shape index (κ1) is 35.1. The molecule has 1 atom stereocenters. The smallest absolute Gasteiger partial charge is 0.244 e. The van der Waals surface area contributed by atoms with E-state index in [1.54, 1.807) is 17.0 Å². The standard InChI is InChI=1S/C41H50ClN3O4S/c1-50(48,49)45(37-17-15-34(16-18-37)41-24-31-19-32(25-41)21-33(20-31)26-41)28-39(46)44(27-30-11-8-12-35(42)22-30)38(23-29-9-4-2-5-10-29)40(47)43-36-13-6-3-7-14-36/h2,4-5,8-12,15-18,22,31-33,36,38H,3,6-7,13-14,19-21,23-28H2,1H3,(H,43,47). The number of carbonyl (C=O) groups is 2. The Morgan fingerprint density at radius 3 is 2.06 bits per heavy atom. The number of rotatable bonds is 12. The Hall–Kier alpha value is -3.36. The molecule has 0 saturated heterocycles. The molecular formula is C41H50ClN3O4S. The van der Waals surface area contributed by atoms with Crippen molar-refractivity contribution in [2.24, 2.45) is 17.8 Å². The van der Waals surface area contributed by atoms with Crippen LogP contribution in [0.3, 0.4) is 0 Å². The Labute approximate surface area is 302 Å². The van der Waals surface area contributed by atoms with Gasteiger partial charge in [-0.25, -0.2) is 8.42 Å². The molecule has 5 fully saturated rings. The van der Waals surface area contributed by atoms with Crippen LogP contribution in [0.2, 0.25) is 5.02 Å². The minimum atomic E-state index is -3.85. The predicted molar refractivity (Wildman–Crippen MR) is 199 cm³/mol. The summed E-state index contributed by atoms with van der Waals surface area (Å²) in [6, 6.07) is 24.1. The quantitative estimate of drug-likeness (QED) is 0.209. The third-order valence-corrected chi connectivity index (χ3v) is 13.3. The second kappa shape index (κ2) is 14.7. The zero-order valence-electron chi connectivity index (χ0n) is 29.1. The van der Waals surface area contributed by atoms with E-state index in [1.807, 2.05) is 54.6 Å². The molecule has 0 radical (unpaired) electrons. The van der Waals surface area contributed by atoms with Crippen molar-refractivity contribution in [2.45, 2.75) is 101 Å². The molecule has 5 aliphatic carbocycles. The van der Waals surface area contributed by atoms with Gasteiger partial charge < -0.3 is 10.2 Å². The minimum Gasteiger partial charge on any atom is -0.352 e. The first-order chi connectivity index (χ1) is 24.0. The van der Waals surface area contributed by atoms with Crippen LogP contribution in [0.25, 0.3) is 0 Å². The lowest BCUT2D eigenvalue weighted by atomic mass is 9.48. The largest absolute Gasteiger partial charge is 0.352 e. The van der Waals surface area contributed by atoms with Crippen molar-refractivity contribution in [3.63, 3.8) is 0 Å². The van der Waals surface area contributed by atoms with E-state index in [-0.39, 0.29) is 23.9 Å². The molecule has 3 aromatic rings. The van der Waals surface area contributed by atoms with Crippen LogP contribution >= 0.6 is 11.6 Å². The molecule has 7 nitrogen and oxygen atoms in total. The number of nitrogens with zero attached hydrogens (tertiary/aromatic N) is 2. The van der Waals surface area contributed by atoms with Gasteiger partial charge in [0.05, 0.1) is 11.9 Å². The molecule has 9 heteroatoms. The van der Waals surface area contributed by atoms with E-state index in [0.717, 1.165) is 67.2 Å². The highest BCUT2D eigenvalue weighted by atomic mass is 35.5. The van der Waals surface area contributed by atoms with Crippen LogP contribution in [0.15, 0.2) is 78.9 Å². The summed E-state index contributed by atoms with van der Waals surface area (Å²) in [6.45, 7) is -0.310. The Morgan fingerprint density at radius 2 is 1.46 bits per heavy atom. The molecule has 1 N–H and O–H groups in total. The molecule has 0 heterocycles. The molecule has 5 aliphatic rings. The van der Waals surface area contributed by atoms with Crippen molar-refractivity contribution >= 4 is 39.1 Å². The number of amides is 2. The molecule has 0 aliphatic heterocycles. The van der Waals surface area contributed by atoms with E-state index in [0.29, 0.717) is 17.1 Å². The van der Waals surface area contributed by atoms with Crippen LogP contribution in [0.5, 0.6) is 0 Å². The van der Waals surface area contributed by atoms with Gasteiger partial charge in [0.25, 0.3) is 0 Å². The van der Waals surface area contributed by atoms with Crippen LogP contribution in [0.4, 0.5) is 5.69 Å². The second-order valence-corrected chi connectivity index (χ2v) is 18.1. The molecule has 2 amide bonds. The van der Waals surface area contributed by atoms with Crippen LogP contribution in [0.1, 0.15) is 87.3 Å². The van der Waals surface area contributed by atoms with Gasteiger partial charge in [-0.2, -0.15) is 0 Å². The van der Waals surface area contributed by atoms with Gasteiger partial charge in [0.2, 0.25) is 21.8 Å². The summed E-state index contributed by atoms with van der Waals surface area (Å²) in [7, 11) is -3.85. The van der Waals surface area contributed by atoms with Crippen LogP contribution in [-0.2, 0) is 38.0 Å². The first-order valence-electron chi connectivity index (χ1n) is 18.5. The maximum atomic E-state index is 14.6. The van der Waals surface area contributed by atoms with Gasteiger partial charge in [-0.3, -0.25) is 13.9 Å². The van der Waals surface area contributed by atoms with Crippen molar-refractivity contribution in [1.82, 2.24) is 10.2 Å². The van der Waals surface area contributed by atoms with Gasteiger partial charge in [0.1, 0.15) is 12.6 Å². The van der Waals surface area contributed by atoms with Gasteiger partial charge in [-0.15, -0.1) is 0 Å². The van der Waals surface area contributed by atoms with E-state index in [2.05, 4.69) is 17.4 Å². The third-order valence-electron chi connectivity index (χ3n) is 11.9. The Morgan fingerprint density at radius 1 is 0.840 bits per heavy atom. The zero-order chi connectivity index (χ0) is 34.9. The van der Waals surface area contributed by atoms with Crippen molar-refractivity contribution in [3.05, 3.63) is 101 Å². The summed E-state index contributed by atoms with van der Waals surface area (Å²) in [5.74, 6) is 1.74. The summed E-state index contributed by atoms with van der Waals surface area (Å²) in [4.78, 5) is 30.4. The van der Waals surface area contributed by atoms with E-state index in [1.165, 1.54) is 48.4 Å². The highest BCUT2D eigenvalue weighted by Gasteiger charge is 2.51. The Balaban J connectivity index is 1.18. The molecule has 8 rings (SSSR count). The lowest BCUT2D eigenvalue weighted by molar-refractivity contribution is -0.140. The Bertz CT molecular complexity index is 1740. The molecule has 266 valence electrons. The number of sulfonamides is 1.